The Morgan fingerprint density at radius 3 is 2.95 bits per heavy atom. The number of aliphatic hydroxyl groups excluding tert-OH is 1. The summed E-state index contributed by atoms with van der Waals surface area (Å²) < 4.78 is 5.23. The number of methoxy groups -OCH3 is 1. The van der Waals surface area contributed by atoms with E-state index in [2.05, 4.69) is 18.0 Å². The van der Waals surface area contributed by atoms with Gasteiger partial charge in [-0.15, -0.1) is 0 Å². The van der Waals surface area contributed by atoms with Gasteiger partial charge in [0.2, 0.25) is 0 Å². The number of hydrogen-bond donors (Lipinski definition) is 2. The molecule has 3 atom stereocenters. The van der Waals surface area contributed by atoms with Gasteiger partial charge >= 0.3 is 0 Å². The number of ether oxygens (including phenoxy) is 1. The molecule has 0 amide bonds. The summed E-state index contributed by atoms with van der Waals surface area (Å²) in [5.41, 5.74) is 1.05. The number of benzene rings is 1. The van der Waals surface area contributed by atoms with Gasteiger partial charge in [-0.2, -0.15) is 0 Å². The molecule has 1 saturated heterocycles. The highest BCUT2D eigenvalue weighted by molar-refractivity contribution is 5.48. The van der Waals surface area contributed by atoms with Gasteiger partial charge < -0.3 is 19.8 Å². The van der Waals surface area contributed by atoms with Gasteiger partial charge in [0, 0.05) is 11.5 Å². The number of hydrogen-bond acceptors (Lipinski definition) is 4. The number of likely N-dealkylation sites (tertiary alicyclic amines) is 1. The first-order chi connectivity index (χ1) is 9.56. The predicted octanol–water partition coefficient (Wildman–Crippen LogP) is 1.66. The summed E-state index contributed by atoms with van der Waals surface area (Å²) in [6, 6.07) is 5.86. The highest BCUT2D eigenvalue weighted by Gasteiger charge is 2.47. The zero-order valence-electron chi connectivity index (χ0n) is 11.9. The second-order valence-electron chi connectivity index (χ2n) is 5.84. The molecule has 0 saturated carbocycles. The number of likely N-dealkylation sites (N-methyl/N-ethyl adjacent to an activating group) is 1. The molecular weight excluding hydrogens is 254 g/mol. The number of fused-ring (bicyclic) bond motifs is 1. The van der Waals surface area contributed by atoms with Gasteiger partial charge in [-0.05, 0) is 44.1 Å². The summed E-state index contributed by atoms with van der Waals surface area (Å²) in [4.78, 5) is 2.31. The molecule has 4 heteroatoms. The lowest BCUT2D eigenvalue weighted by molar-refractivity contribution is 0.137. The summed E-state index contributed by atoms with van der Waals surface area (Å²) in [6.07, 6.45) is 5.44. The molecule has 1 fully saturated rings. The summed E-state index contributed by atoms with van der Waals surface area (Å²) in [6.45, 7) is 1.00. The second kappa shape index (κ2) is 4.79. The lowest BCUT2D eigenvalue weighted by Gasteiger charge is -2.39. The molecule has 1 aromatic rings. The van der Waals surface area contributed by atoms with E-state index in [4.69, 9.17) is 4.74 Å². The first-order valence-corrected chi connectivity index (χ1v) is 7.02. The Balaban J connectivity index is 2.08. The summed E-state index contributed by atoms with van der Waals surface area (Å²) in [7, 11) is 3.67. The van der Waals surface area contributed by atoms with Gasteiger partial charge in [-0.25, -0.2) is 0 Å². The molecule has 1 aliphatic heterocycles. The number of aliphatic hydroxyl groups is 1. The van der Waals surface area contributed by atoms with E-state index in [0.29, 0.717) is 5.75 Å². The number of aromatic hydroxyl groups is 1. The minimum absolute atomic E-state index is 0.0883. The summed E-state index contributed by atoms with van der Waals surface area (Å²) >= 11 is 0. The molecule has 0 bridgehead atoms. The minimum Gasteiger partial charge on any atom is -0.504 e. The van der Waals surface area contributed by atoms with Crippen LogP contribution in [0.5, 0.6) is 11.5 Å². The summed E-state index contributed by atoms with van der Waals surface area (Å²) in [5, 5.41) is 19.7. The highest BCUT2D eigenvalue weighted by atomic mass is 16.5. The molecular formula is C16H21NO3. The molecule has 0 radical (unpaired) electrons. The van der Waals surface area contributed by atoms with E-state index < -0.39 is 0 Å². The van der Waals surface area contributed by atoms with Crippen molar-refractivity contribution in [3.05, 3.63) is 35.9 Å². The summed E-state index contributed by atoms with van der Waals surface area (Å²) in [5.74, 6) is 0.667. The topological polar surface area (TPSA) is 52.9 Å². The largest absolute Gasteiger partial charge is 0.504 e. The van der Waals surface area contributed by atoms with Crippen LogP contribution in [0.15, 0.2) is 30.4 Å². The Kier molecular flexibility index (Phi) is 3.22. The van der Waals surface area contributed by atoms with Crippen LogP contribution in [0.1, 0.15) is 18.4 Å². The molecule has 1 aliphatic carbocycles. The van der Waals surface area contributed by atoms with Crippen LogP contribution >= 0.6 is 0 Å². The van der Waals surface area contributed by atoms with Gasteiger partial charge in [0.25, 0.3) is 0 Å². The van der Waals surface area contributed by atoms with Crippen molar-refractivity contribution in [2.45, 2.75) is 30.4 Å². The van der Waals surface area contributed by atoms with Crippen LogP contribution in [0, 0.1) is 0 Å². The minimum atomic E-state index is -0.368. The third-order valence-corrected chi connectivity index (χ3v) is 4.80. The normalized spacial score (nSPS) is 33.1. The fourth-order valence-electron chi connectivity index (χ4n) is 3.65. The van der Waals surface area contributed by atoms with Crippen molar-refractivity contribution in [3.8, 4) is 11.5 Å². The molecule has 0 aromatic heterocycles. The van der Waals surface area contributed by atoms with Crippen molar-refractivity contribution in [1.29, 1.82) is 0 Å². The molecule has 4 nitrogen and oxygen atoms in total. The van der Waals surface area contributed by atoms with Gasteiger partial charge in [-0.1, -0.05) is 18.2 Å². The molecule has 1 aromatic carbocycles. The zero-order chi connectivity index (χ0) is 14.3. The average Bonchev–Trinajstić information content (AvgIpc) is 2.78. The van der Waals surface area contributed by atoms with Crippen molar-refractivity contribution in [1.82, 2.24) is 4.90 Å². The van der Waals surface area contributed by atoms with E-state index in [9.17, 15) is 10.2 Å². The first-order valence-electron chi connectivity index (χ1n) is 7.02. The molecule has 108 valence electrons. The van der Waals surface area contributed by atoms with Crippen LogP contribution in [-0.2, 0) is 5.41 Å². The maximum atomic E-state index is 9.90. The lowest BCUT2D eigenvalue weighted by atomic mass is 9.69. The third kappa shape index (κ3) is 1.91. The predicted molar refractivity (Wildman–Crippen MR) is 77.1 cm³/mol. The standard InChI is InChI=1S/C16H21NO3/c1-17-8-7-16(6-5-12(18)10-15(16)17)11-3-4-13(19)14(9-11)20-2/h3-6,9,12,15,18-19H,7-8,10H2,1-2H3/t12-,15+,16+/m1/s1. The molecule has 0 unspecified atom stereocenters. The molecule has 0 spiro atoms. The van der Waals surface area contributed by atoms with Crippen LogP contribution in [0.25, 0.3) is 0 Å². The van der Waals surface area contributed by atoms with Crippen LogP contribution in [0.3, 0.4) is 0 Å². The lowest BCUT2D eigenvalue weighted by Crippen LogP contribution is -2.44. The third-order valence-electron chi connectivity index (χ3n) is 4.80. The smallest absolute Gasteiger partial charge is 0.160 e. The van der Waals surface area contributed by atoms with E-state index >= 15 is 0 Å². The average molecular weight is 275 g/mol. The molecule has 2 N–H and O–H groups in total. The van der Waals surface area contributed by atoms with Gasteiger partial charge in [0.05, 0.1) is 13.2 Å². The zero-order valence-corrected chi connectivity index (χ0v) is 11.9. The number of phenols is 1. The maximum absolute atomic E-state index is 9.90. The highest BCUT2D eigenvalue weighted by Crippen LogP contribution is 2.46. The van der Waals surface area contributed by atoms with Crippen molar-refractivity contribution >= 4 is 0 Å². The van der Waals surface area contributed by atoms with Gasteiger partial charge in [0.15, 0.2) is 11.5 Å². The molecule has 1 heterocycles. The Labute approximate surface area is 119 Å². The van der Waals surface area contributed by atoms with Crippen LogP contribution in [0.4, 0.5) is 0 Å². The van der Waals surface area contributed by atoms with E-state index in [1.807, 2.05) is 18.2 Å². The SMILES string of the molecule is COc1cc([C@@]23C=C[C@@H](O)C[C@@H]2N(C)CC3)ccc1O. The van der Waals surface area contributed by atoms with Gasteiger partial charge in [0.1, 0.15) is 0 Å². The van der Waals surface area contributed by atoms with Crippen molar-refractivity contribution in [2.75, 3.05) is 20.7 Å². The van der Waals surface area contributed by atoms with E-state index in [-0.39, 0.29) is 23.3 Å². The maximum Gasteiger partial charge on any atom is 0.160 e. The Morgan fingerprint density at radius 1 is 1.40 bits per heavy atom. The van der Waals surface area contributed by atoms with Crippen LogP contribution in [-0.4, -0.2) is 48.0 Å². The van der Waals surface area contributed by atoms with E-state index in [0.717, 1.165) is 24.9 Å². The fraction of sp³-hybridized carbons (Fsp3) is 0.500. The number of nitrogens with zero attached hydrogens (tertiary/aromatic N) is 1. The van der Waals surface area contributed by atoms with Crippen molar-refractivity contribution in [2.24, 2.45) is 0 Å². The Bertz CT molecular complexity index is 543. The van der Waals surface area contributed by atoms with Crippen molar-refractivity contribution in [3.63, 3.8) is 0 Å². The fourth-order valence-corrected chi connectivity index (χ4v) is 3.65. The van der Waals surface area contributed by atoms with Crippen LogP contribution < -0.4 is 4.74 Å². The first kappa shape index (κ1) is 13.5. The molecule has 3 rings (SSSR count). The van der Waals surface area contributed by atoms with Crippen LogP contribution in [0.2, 0.25) is 0 Å². The van der Waals surface area contributed by atoms with Crippen molar-refractivity contribution < 1.29 is 14.9 Å². The molecule has 2 aliphatic rings. The van der Waals surface area contributed by atoms with Gasteiger partial charge in [-0.3, -0.25) is 0 Å². The molecule has 20 heavy (non-hydrogen) atoms. The Morgan fingerprint density at radius 2 is 2.20 bits per heavy atom. The number of rotatable bonds is 2. The monoisotopic (exact) mass is 275 g/mol. The number of phenolic OH excluding ortho intramolecular Hbond substituents is 1. The van der Waals surface area contributed by atoms with E-state index in [1.165, 1.54) is 0 Å². The van der Waals surface area contributed by atoms with E-state index in [1.54, 1.807) is 13.2 Å². The second-order valence-corrected chi connectivity index (χ2v) is 5.84. The Hall–Kier alpha value is -1.52. The quantitative estimate of drug-likeness (QED) is 0.806.